The SMILES string of the molecule is CCC1CCCN1c1nc(C(F)(F)F)ccc1C#N. The monoisotopic (exact) mass is 269 g/mol. The molecule has 1 aromatic heterocycles. The molecule has 3 nitrogen and oxygen atoms in total. The molecular formula is C13H14F3N3. The Labute approximate surface area is 109 Å². The first-order valence-corrected chi connectivity index (χ1v) is 6.22. The van der Waals surface area contributed by atoms with E-state index in [4.69, 9.17) is 5.26 Å². The van der Waals surface area contributed by atoms with E-state index in [1.807, 2.05) is 17.9 Å². The van der Waals surface area contributed by atoms with E-state index in [2.05, 4.69) is 4.98 Å². The summed E-state index contributed by atoms with van der Waals surface area (Å²) in [7, 11) is 0. The average Bonchev–Trinajstić information content (AvgIpc) is 2.85. The van der Waals surface area contributed by atoms with E-state index in [1.54, 1.807) is 0 Å². The Kier molecular flexibility index (Phi) is 3.65. The molecule has 0 radical (unpaired) electrons. The van der Waals surface area contributed by atoms with Crippen molar-refractivity contribution >= 4 is 5.82 Å². The second-order valence-electron chi connectivity index (χ2n) is 4.57. The van der Waals surface area contributed by atoms with Crippen LogP contribution in [0.15, 0.2) is 12.1 Å². The van der Waals surface area contributed by atoms with Gasteiger partial charge in [-0.2, -0.15) is 18.4 Å². The number of hydrogen-bond acceptors (Lipinski definition) is 3. The third-order valence-corrected chi connectivity index (χ3v) is 3.41. The van der Waals surface area contributed by atoms with E-state index in [9.17, 15) is 13.2 Å². The van der Waals surface area contributed by atoms with Gasteiger partial charge in [-0.05, 0) is 31.4 Å². The van der Waals surface area contributed by atoms with Gasteiger partial charge in [0.25, 0.3) is 0 Å². The molecule has 1 fully saturated rings. The zero-order valence-electron chi connectivity index (χ0n) is 10.5. The van der Waals surface area contributed by atoms with Crippen molar-refractivity contribution in [1.82, 2.24) is 4.98 Å². The second kappa shape index (κ2) is 5.08. The highest BCUT2D eigenvalue weighted by atomic mass is 19.4. The van der Waals surface area contributed by atoms with Crippen LogP contribution >= 0.6 is 0 Å². The Bertz CT molecular complexity index is 505. The van der Waals surface area contributed by atoms with Crippen molar-refractivity contribution in [2.45, 2.75) is 38.4 Å². The lowest BCUT2D eigenvalue weighted by molar-refractivity contribution is -0.141. The first kappa shape index (κ1) is 13.7. The summed E-state index contributed by atoms with van der Waals surface area (Å²) in [5.74, 6) is 0.168. The molecule has 1 unspecified atom stereocenters. The lowest BCUT2D eigenvalue weighted by atomic mass is 10.1. The van der Waals surface area contributed by atoms with Gasteiger partial charge in [0.05, 0.1) is 5.56 Å². The Hall–Kier alpha value is -1.77. The maximum atomic E-state index is 12.7. The predicted molar refractivity (Wildman–Crippen MR) is 64.6 cm³/mol. The molecular weight excluding hydrogens is 255 g/mol. The molecule has 0 aromatic carbocycles. The van der Waals surface area contributed by atoms with Crippen LogP contribution in [0.1, 0.15) is 37.4 Å². The number of anilines is 1. The number of aromatic nitrogens is 1. The van der Waals surface area contributed by atoms with Crippen LogP contribution in [0.5, 0.6) is 0 Å². The molecule has 2 heterocycles. The lowest BCUT2D eigenvalue weighted by Gasteiger charge is -2.26. The molecule has 0 N–H and O–H groups in total. The van der Waals surface area contributed by atoms with Crippen molar-refractivity contribution in [3.63, 3.8) is 0 Å². The van der Waals surface area contributed by atoms with Crippen LogP contribution in [-0.4, -0.2) is 17.6 Å². The summed E-state index contributed by atoms with van der Waals surface area (Å²) in [5, 5.41) is 9.03. The first-order valence-electron chi connectivity index (χ1n) is 6.22. The van der Waals surface area contributed by atoms with Crippen molar-refractivity contribution in [3.05, 3.63) is 23.4 Å². The maximum absolute atomic E-state index is 12.7. The number of alkyl halides is 3. The van der Waals surface area contributed by atoms with Gasteiger partial charge in [0.2, 0.25) is 0 Å². The van der Waals surface area contributed by atoms with Crippen molar-refractivity contribution in [3.8, 4) is 6.07 Å². The van der Waals surface area contributed by atoms with Gasteiger partial charge in [0, 0.05) is 12.6 Å². The van der Waals surface area contributed by atoms with Crippen LogP contribution in [0.3, 0.4) is 0 Å². The number of nitrogens with zero attached hydrogens (tertiary/aromatic N) is 3. The summed E-state index contributed by atoms with van der Waals surface area (Å²) >= 11 is 0. The van der Waals surface area contributed by atoms with E-state index < -0.39 is 11.9 Å². The van der Waals surface area contributed by atoms with Crippen LogP contribution in [0, 0.1) is 11.3 Å². The minimum Gasteiger partial charge on any atom is -0.353 e. The fourth-order valence-electron chi connectivity index (χ4n) is 2.45. The fraction of sp³-hybridized carbons (Fsp3) is 0.538. The molecule has 19 heavy (non-hydrogen) atoms. The molecule has 102 valence electrons. The molecule has 0 bridgehead atoms. The Morgan fingerprint density at radius 3 is 2.79 bits per heavy atom. The smallest absolute Gasteiger partial charge is 0.353 e. The van der Waals surface area contributed by atoms with Crippen molar-refractivity contribution in [1.29, 1.82) is 5.26 Å². The Balaban J connectivity index is 2.45. The topological polar surface area (TPSA) is 39.9 Å². The summed E-state index contributed by atoms with van der Waals surface area (Å²) < 4.78 is 38.1. The third-order valence-electron chi connectivity index (χ3n) is 3.41. The number of pyridine rings is 1. The number of rotatable bonds is 2. The summed E-state index contributed by atoms with van der Waals surface area (Å²) in [4.78, 5) is 5.50. The van der Waals surface area contributed by atoms with E-state index in [-0.39, 0.29) is 17.4 Å². The lowest BCUT2D eigenvalue weighted by Crippen LogP contribution is -2.30. The zero-order valence-corrected chi connectivity index (χ0v) is 10.5. The van der Waals surface area contributed by atoms with Crippen molar-refractivity contribution in [2.24, 2.45) is 0 Å². The Morgan fingerprint density at radius 1 is 1.47 bits per heavy atom. The predicted octanol–water partition coefficient (Wildman–Crippen LogP) is 3.35. The number of nitriles is 1. The molecule has 2 rings (SSSR count). The van der Waals surface area contributed by atoms with Crippen LogP contribution in [0.4, 0.5) is 19.0 Å². The molecule has 1 aliphatic heterocycles. The summed E-state index contributed by atoms with van der Waals surface area (Å²) in [6.07, 6.45) is -1.80. The molecule has 0 saturated carbocycles. The second-order valence-corrected chi connectivity index (χ2v) is 4.57. The molecule has 0 aliphatic carbocycles. The van der Waals surface area contributed by atoms with Crippen molar-refractivity contribution in [2.75, 3.05) is 11.4 Å². The summed E-state index contributed by atoms with van der Waals surface area (Å²) in [6, 6.07) is 4.16. The van der Waals surface area contributed by atoms with Crippen LogP contribution in [0.25, 0.3) is 0 Å². The Morgan fingerprint density at radius 2 is 2.21 bits per heavy atom. The van der Waals surface area contributed by atoms with E-state index in [1.165, 1.54) is 6.07 Å². The van der Waals surface area contributed by atoms with E-state index in [0.29, 0.717) is 6.54 Å². The van der Waals surface area contributed by atoms with Gasteiger partial charge in [-0.25, -0.2) is 4.98 Å². The first-order chi connectivity index (χ1) is 8.97. The van der Waals surface area contributed by atoms with Gasteiger partial charge in [0.1, 0.15) is 17.6 Å². The highest BCUT2D eigenvalue weighted by Gasteiger charge is 2.35. The summed E-state index contributed by atoms with van der Waals surface area (Å²) in [5.41, 5.74) is -0.739. The molecule has 1 saturated heterocycles. The normalized spacial score (nSPS) is 19.5. The largest absolute Gasteiger partial charge is 0.433 e. The molecule has 1 aromatic rings. The van der Waals surface area contributed by atoms with Gasteiger partial charge < -0.3 is 4.90 Å². The quantitative estimate of drug-likeness (QED) is 0.826. The standard InChI is InChI=1S/C13H14F3N3/c1-2-10-4-3-7-19(10)12-9(8-17)5-6-11(18-12)13(14,15)16/h5-6,10H,2-4,7H2,1H3. The maximum Gasteiger partial charge on any atom is 0.433 e. The highest BCUT2D eigenvalue weighted by Crippen LogP contribution is 2.33. The number of halogens is 3. The van der Waals surface area contributed by atoms with Gasteiger partial charge in [-0.1, -0.05) is 6.92 Å². The average molecular weight is 269 g/mol. The molecule has 1 aliphatic rings. The van der Waals surface area contributed by atoms with Crippen LogP contribution in [-0.2, 0) is 6.18 Å². The van der Waals surface area contributed by atoms with E-state index >= 15 is 0 Å². The van der Waals surface area contributed by atoms with Crippen LogP contribution < -0.4 is 4.90 Å². The summed E-state index contributed by atoms with van der Waals surface area (Å²) in [6.45, 7) is 2.64. The zero-order chi connectivity index (χ0) is 14.0. The van der Waals surface area contributed by atoms with Gasteiger partial charge in [-0.15, -0.1) is 0 Å². The minimum atomic E-state index is -4.48. The fourth-order valence-corrected chi connectivity index (χ4v) is 2.45. The van der Waals surface area contributed by atoms with Gasteiger partial charge in [0.15, 0.2) is 0 Å². The molecule has 6 heteroatoms. The van der Waals surface area contributed by atoms with Crippen LogP contribution in [0.2, 0.25) is 0 Å². The van der Waals surface area contributed by atoms with E-state index in [0.717, 1.165) is 25.3 Å². The highest BCUT2D eigenvalue weighted by molar-refractivity contribution is 5.55. The minimum absolute atomic E-state index is 0.168. The molecule has 1 atom stereocenters. The van der Waals surface area contributed by atoms with Gasteiger partial charge >= 0.3 is 6.18 Å². The van der Waals surface area contributed by atoms with Crippen molar-refractivity contribution < 1.29 is 13.2 Å². The number of hydrogen-bond donors (Lipinski definition) is 0. The molecule has 0 amide bonds. The molecule has 0 spiro atoms. The van der Waals surface area contributed by atoms with Gasteiger partial charge in [-0.3, -0.25) is 0 Å². The third kappa shape index (κ3) is 2.65.